The summed E-state index contributed by atoms with van der Waals surface area (Å²) in [5.41, 5.74) is 0.256. The van der Waals surface area contributed by atoms with Crippen LogP contribution >= 0.6 is 11.8 Å². The monoisotopic (exact) mass is 386 g/mol. The van der Waals surface area contributed by atoms with Crippen molar-refractivity contribution in [3.8, 4) is 0 Å². The molecular weight excluding hydrogens is 356 g/mol. The van der Waals surface area contributed by atoms with Crippen LogP contribution in [0.25, 0.3) is 0 Å². The summed E-state index contributed by atoms with van der Waals surface area (Å²) in [5.74, 6) is 6.02. The molecule has 6 bridgehead atoms. The highest BCUT2D eigenvalue weighted by molar-refractivity contribution is 7.99. The first-order chi connectivity index (χ1) is 13.1. The van der Waals surface area contributed by atoms with Crippen molar-refractivity contribution in [3.63, 3.8) is 0 Å². The van der Waals surface area contributed by atoms with E-state index >= 15 is 0 Å². The predicted molar refractivity (Wildman–Crippen MR) is 104 cm³/mol. The Hall–Kier alpha value is -1.04. The number of H-pyrrole nitrogens is 1. The largest absolute Gasteiger partial charge is 0.352 e. The van der Waals surface area contributed by atoms with Crippen LogP contribution in [0.5, 0.6) is 0 Å². The molecule has 0 spiro atoms. The van der Waals surface area contributed by atoms with Gasteiger partial charge in [0.15, 0.2) is 0 Å². The topological polar surface area (TPSA) is 70.7 Å². The Labute approximate surface area is 165 Å². The van der Waals surface area contributed by atoms with E-state index in [1.54, 1.807) is 0 Å². The van der Waals surface area contributed by atoms with Gasteiger partial charge in [-0.2, -0.15) is 0 Å². The number of aromatic amines is 1. The third-order valence-electron chi connectivity index (χ3n) is 8.42. The maximum atomic E-state index is 12.4. The average molecular weight is 387 g/mol. The minimum absolute atomic E-state index is 0.152. The van der Waals surface area contributed by atoms with Crippen molar-refractivity contribution in [2.45, 2.75) is 80.8 Å². The number of carbonyl (C=O) groups excluding carboxylic acids is 1. The average Bonchev–Trinajstić information content (AvgIpc) is 3.36. The van der Waals surface area contributed by atoms with Crippen molar-refractivity contribution < 1.29 is 4.79 Å². The summed E-state index contributed by atoms with van der Waals surface area (Å²) in [6.07, 6.45) is 13.4. The van der Waals surface area contributed by atoms with E-state index in [2.05, 4.69) is 15.5 Å². The zero-order valence-corrected chi connectivity index (χ0v) is 16.8. The molecule has 5 nitrogen and oxygen atoms in total. The van der Waals surface area contributed by atoms with Crippen LogP contribution in [0.1, 0.15) is 70.0 Å². The first-order valence-electron chi connectivity index (χ1n) is 11.0. The molecule has 0 radical (unpaired) electrons. The lowest BCUT2D eigenvalue weighted by Gasteiger charge is -2.55. The van der Waals surface area contributed by atoms with Crippen LogP contribution in [0.4, 0.5) is 0 Å². The lowest BCUT2D eigenvalue weighted by molar-refractivity contribution is -0.119. The summed E-state index contributed by atoms with van der Waals surface area (Å²) in [5, 5.41) is 11.8. The minimum Gasteiger partial charge on any atom is -0.352 e. The van der Waals surface area contributed by atoms with Gasteiger partial charge in [-0.1, -0.05) is 18.2 Å². The number of rotatable bonds is 5. The SMILES string of the molecule is O=C(CSc1n[nH]c(C23CC4CC(CC(C4)C2)C3)n1)N[C@@H]1C[C@H]2CC[C@H]1C2. The Morgan fingerprint density at radius 2 is 1.78 bits per heavy atom. The molecule has 6 aliphatic carbocycles. The van der Waals surface area contributed by atoms with Crippen molar-refractivity contribution >= 4 is 17.7 Å². The number of hydrogen-bond acceptors (Lipinski definition) is 4. The number of amides is 1. The molecule has 6 fully saturated rings. The maximum Gasteiger partial charge on any atom is 0.230 e. The highest BCUT2D eigenvalue weighted by Crippen LogP contribution is 2.60. The van der Waals surface area contributed by atoms with Crippen LogP contribution in [0, 0.1) is 29.6 Å². The fraction of sp³-hybridized carbons (Fsp3) is 0.857. The van der Waals surface area contributed by atoms with Crippen LogP contribution in [-0.4, -0.2) is 32.9 Å². The van der Waals surface area contributed by atoms with Crippen LogP contribution in [0.15, 0.2) is 5.16 Å². The maximum absolute atomic E-state index is 12.4. The van der Waals surface area contributed by atoms with Gasteiger partial charge in [-0.15, -0.1) is 5.10 Å². The van der Waals surface area contributed by atoms with Gasteiger partial charge in [-0.3, -0.25) is 9.89 Å². The molecule has 6 saturated carbocycles. The molecule has 6 aliphatic rings. The smallest absolute Gasteiger partial charge is 0.230 e. The van der Waals surface area contributed by atoms with E-state index in [1.165, 1.54) is 76.0 Å². The molecule has 27 heavy (non-hydrogen) atoms. The van der Waals surface area contributed by atoms with Gasteiger partial charge in [0.05, 0.1) is 5.75 Å². The van der Waals surface area contributed by atoms with Crippen LogP contribution in [0.2, 0.25) is 0 Å². The van der Waals surface area contributed by atoms with Gasteiger partial charge in [0.25, 0.3) is 0 Å². The van der Waals surface area contributed by atoms with E-state index in [0.717, 1.165) is 40.6 Å². The number of carbonyl (C=O) groups is 1. The Bertz CT molecular complexity index is 711. The van der Waals surface area contributed by atoms with Gasteiger partial charge < -0.3 is 5.32 Å². The normalized spacial score (nSPS) is 44.1. The number of thioether (sulfide) groups is 1. The molecule has 146 valence electrons. The predicted octanol–water partition coefficient (Wildman–Crippen LogP) is 3.67. The minimum atomic E-state index is 0.152. The zero-order valence-electron chi connectivity index (χ0n) is 16.0. The van der Waals surface area contributed by atoms with Gasteiger partial charge in [-0.05, 0) is 87.4 Å². The molecule has 1 aromatic rings. The number of aromatic nitrogens is 3. The van der Waals surface area contributed by atoms with Gasteiger partial charge in [-0.25, -0.2) is 4.98 Å². The number of fused-ring (bicyclic) bond motifs is 2. The van der Waals surface area contributed by atoms with Crippen molar-refractivity contribution in [3.05, 3.63) is 5.82 Å². The Balaban J connectivity index is 1.07. The number of nitrogens with one attached hydrogen (secondary N) is 2. The third-order valence-corrected chi connectivity index (χ3v) is 9.27. The van der Waals surface area contributed by atoms with E-state index in [0.29, 0.717) is 11.8 Å². The zero-order chi connectivity index (χ0) is 18.0. The fourth-order valence-corrected chi connectivity index (χ4v) is 8.36. The molecule has 0 aliphatic heterocycles. The van der Waals surface area contributed by atoms with Crippen LogP contribution in [0.3, 0.4) is 0 Å². The second-order valence-corrected chi connectivity index (χ2v) is 11.2. The van der Waals surface area contributed by atoms with E-state index < -0.39 is 0 Å². The van der Waals surface area contributed by atoms with Gasteiger partial charge in [0.1, 0.15) is 5.82 Å². The van der Waals surface area contributed by atoms with Gasteiger partial charge in [0, 0.05) is 11.5 Å². The first-order valence-corrected chi connectivity index (χ1v) is 12.0. The highest BCUT2D eigenvalue weighted by atomic mass is 32.2. The molecule has 0 aromatic carbocycles. The fourth-order valence-electron chi connectivity index (χ4n) is 7.75. The summed E-state index contributed by atoms with van der Waals surface area (Å²) in [6.45, 7) is 0. The van der Waals surface area contributed by atoms with Crippen LogP contribution in [-0.2, 0) is 10.2 Å². The second kappa shape index (κ2) is 6.23. The van der Waals surface area contributed by atoms with Crippen molar-refractivity contribution in [2.24, 2.45) is 29.6 Å². The molecular formula is C21H30N4OS. The quantitative estimate of drug-likeness (QED) is 0.758. The van der Waals surface area contributed by atoms with Crippen molar-refractivity contribution in [2.75, 3.05) is 5.75 Å². The summed E-state index contributed by atoms with van der Waals surface area (Å²) >= 11 is 1.49. The van der Waals surface area contributed by atoms with E-state index in [1.807, 2.05) is 0 Å². The molecule has 1 heterocycles. The molecule has 1 amide bonds. The summed E-state index contributed by atoms with van der Waals surface area (Å²) in [6, 6.07) is 0.423. The van der Waals surface area contributed by atoms with Gasteiger partial charge >= 0.3 is 0 Å². The molecule has 0 unspecified atom stereocenters. The summed E-state index contributed by atoms with van der Waals surface area (Å²) in [7, 11) is 0. The summed E-state index contributed by atoms with van der Waals surface area (Å²) in [4.78, 5) is 17.2. The number of hydrogen-bond donors (Lipinski definition) is 2. The Morgan fingerprint density at radius 3 is 2.41 bits per heavy atom. The van der Waals surface area contributed by atoms with E-state index in [9.17, 15) is 4.79 Å². The Kier molecular flexibility index (Phi) is 3.89. The molecule has 1 aromatic heterocycles. The molecule has 0 saturated heterocycles. The van der Waals surface area contributed by atoms with Gasteiger partial charge in [0.2, 0.25) is 11.1 Å². The Morgan fingerprint density at radius 1 is 1.04 bits per heavy atom. The lowest BCUT2D eigenvalue weighted by Crippen LogP contribution is -2.49. The van der Waals surface area contributed by atoms with Crippen molar-refractivity contribution in [1.82, 2.24) is 20.5 Å². The van der Waals surface area contributed by atoms with Crippen LogP contribution < -0.4 is 5.32 Å². The molecule has 3 atom stereocenters. The lowest BCUT2D eigenvalue weighted by atomic mass is 9.49. The standard InChI is InChI=1S/C21H30N4OS/c26-18(22-17-7-12-1-2-16(17)6-12)11-27-20-23-19(24-25-20)21-8-13-3-14(9-21)5-15(4-13)10-21/h12-17H,1-11H2,(H,22,26)(H,23,24,25)/t12-,13?,14?,15?,16-,17+,21?/m0/s1. The second-order valence-electron chi connectivity index (χ2n) is 10.3. The third kappa shape index (κ3) is 2.93. The van der Waals surface area contributed by atoms with E-state index in [-0.39, 0.29) is 11.3 Å². The summed E-state index contributed by atoms with van der Waals surface area (Å²) < 4.78 is 0. The molecule has 6 heteroatoms. The van der Waals surface area contributed by atoms with Crippen molar-refractivity contribution in [1.29, 1.82) is 0 Å². The number of nitrogens with zero attached hydrogens (tertiary/aromatic N) is 2. The molecule has 7 rings (SSSR count). The highest BCUT2D eigenvalue weighted by Gasteiger charge is 2.53. The first kappa shape index (κ1) is 16.9. The van der Waals surface area contributed by atoms with E-state index in [4.69, 9.17) is 4.98 Å². The molecule has 2 N–H and O–H groups in total.